The Balaban J connectivity index is 1.94. The molecule has 1 aromatic heterocycles. The predicted octanol–water partition coefficient (Wildman–Crippen LogP) is 1.65. The van der Waals surface area contributed by atoms with E-state index in [1.54, 1.807) is 11.3 Å². The maximum absolute atomic E-state index is 5.25. The lowest BCUT2D eigenvalue weighted by molar-refractivity contribution is 0.195. The lowest BCUT2D eigenvalue weighted by Gasteiger charge is -2.07. The van der Waals surface area contributed by atoms with Gasteiger partial charge in [-0.1, -0.05) is 0 Å². The van der Waals surface area contributed by atoms with Gasteiger partial charge in [0.2, 0.25) is 0 Å². The number of thiazole rings is 1. The zero-order valence-electron chi connectivity index (χ0n) is 7.04. The molecule has 1 unspecified atom stereocenters. The van der Waals surface area contributed by atoms with E-state index in [1.165, 1.54) is 4.88 Å². The third-order valence-electron chi connectivity index (χ3n) is 1.88. The minimum Gasteiger partial charge on any atom is -0.379 e. The number of anilines is 1. The molecule has 0 aromatic carbocycles. The second kappa shape index (κ2) is 3.41. The minimum atomic E-state index is 0.468. The van der Waals surface area contributed by atoms with Crippen molar-refractivity contribution in [3.05, 3.63) is 11.1 Å². The van der Waals surface area contributed by atoms with Crippen LogP contribution in [0.15, 0.2) is 6.20 Å². The van der Waals surface area contributed by atoms with Crippen LogP contribution in [0.5, 0.6) is 0 Å². The molecule has 1 aliphatic rings. The van der Waals surface area contributed by atoms with E-state index < -0.39 is 0 Å². The van der Waals surface area contributed by atoms with E-state index in [0.29, 0.717) is 6.04 Å². The molecule has 1 aromatic rings. The first kappa shape index (κ1) is 8.01. The molecule has 3 nitrogen and oxygen atoms in total. The van der Waals surface area contributed by atoms with E-state index in [9.17, 15) is 0 Å². The Morgan fingerprint density at radius 1 is 1.75 bits per heavy atom. The summed E-state index contributed by atoms with van der Waals surface area (Å²) in [7, 11) is 0. The number of aromatic nitrogens is 1. The number of nitrogens with one attached hydrogen (secondary N) is 1. The highest BCUT2D eigenvalue weighted by atomic mass is 32.1. The van der Waals surface area contributed by atoms with E-state index >= 15 is 0 Å². The van der Waals surface area contributed by atoms with Gasteiger partial charge in [-0.3, -0.25) is 0 Å². The van der Waals surface area contributed by atoms with Crippen molar-refractivity contribution < 1.29 is 4.74 Å². The van der Waals surface area contributed by atoms with Gasteiger partial charge in [0.05, 0.1) is 12.6 Å². The van der Waals surface area contributed by atoms with Crippen molar-refractivity contribution in [3.8, 4) is 0 Å². The fourth-order valence-corrected chi connectivity index (χ4v) is 1.99. The highest BCUT2D eigenvalue weighted by Gasteiger charge is 2.15. The standard InChI is InChI=1S/C8H12N2OS/c1-6-4-9-8(12-6)10-7-2-3-11-5-7/h4,7H,2-3,5H2,1H3,(H,9,10). The predicted molar refractivity (Wildman–Crippen MR) is 49.7 cm³/mol. The summed E-state index contributed by atoms with van der Waals surface area (Å²) in [5, 5.41) is 4.36. The molecule has 66 valence electrons. The first-order chi connectivity index (χ1) is 5.84. The van der Waals surface area contributed by atoms with E-state index in [2.05, 4.69) is 17.2 Å². The van der Waals surface area contributed by atoms with Crippen LogP contribution in [0.25, 0.3) is 0 Å². The maximum atomic E-state index is 5.25. The van der Waals surface area contributed by atoms with Crippen molar-refractivity contribution in [3.63, 3.8) is 0 Å². The molecular weight excluding hydrogens is 172 g/mol. The molecule has 0 bridgehead atoms. The summed E-state index contributed by atoms with van der Waals surface area (Å²) in [5.74, 6) is 0. The van der Waals surface area contributed by atoms with Gasteiger partial charge in [0, 0.05) is 17.7 Å². The highest BCUT2D eigenvalue weighted by molar-refractivity contribution is 7.15. The maximum Gasteiger partial charge on any atom is 0.183 e. The van der Waals surface area contributed by atoms with Crippen LogP contribution in [0.4, 0.5) is 5.13 Å². The zero-order valence-corrected chi connectivity index (χ0v) is 7.86. The lowest BCUT2D eigenvalue weighted by atomic mass is 10.3. The van der Waals surface area contributed by atoms with Gasteiger partial charge < -0.3 is 10.1 Å². The average molecular weight is 184 g/mol. The first-order valence-electron chi connectivity index (χ1n) is 4.11. The van der Waals surface area contributed by atoms with Gasteiger partial charge in [-0.25, -0.2) is 4.98 Å². The van der Waals surface area contributed by atoms with E-state index in [-0.39, 0.29) is 0 Å². The average Bonchev–Trinajstić information content (AvgIpc) is 2.63. The molecule has 0 spiro atoms. The van der Waals surface area contributed by atoms with E-state index in [0.717, 1.165) is 24.8 Å². The Morgan fingerprint density at radius 2 is 2.67 bits per heavy atom. The van der Waals surface area contributed by atoms with Crippen LogP contribution in [0.1, 0.15) is 11.3 Å². The minimum absolute atomic E-state index is 0.468. The van der Waals surface area contributed by atoms with E-state index in [1.807, 2.05) is 6.20 Å². The van der Waals surface area contributed by atoms with Crippen LogP contribution in [-0.4, -0.2) is 24.2 Å². The fourth-order valence-electron chi connectivity index (χ4n) is 1.24. The Hall–Kier alpha value is -0.610. The summed E-state index contributed by atoms with van der Waals surface area (Å²) in [6.45, 7) is 3.76. The molecule has 1 fully saturated rings. The first-order valence-corrected chi connectivity index (χ1v) is 4.93. The highest BCUT2D eigenvalue weighted by Crippen LogP contribution is 2.19. The number of rotatable bonds is 2. The van der Waals surface area contributed by atoms with Crippen LogP contribution in [-0.2, 0) is 4.74 Å². The van der Waals surface area contributed by atoms with Crippen molar-refractivity contribution in [2.24, 2.45) is 0 Å². The molecule has 0 aliphatic carbocycles. The number of ether oxygens (including phenoxy) is 1. The molecule has 0 saturated carbocycles. The molecule has 1 saturated heterocycles. The van der Waals surface area contributed by atoms with Crippen molar-refractivity contribution in [1.82, 2.24) is 4.98 Å². The molecule has 2 heterocycles. The summed E-state index contributed by atoms with van der Waals surface area (Å²) in [6, 6.07) is 0.468. The van der Waals surface area contributed by atoms with Crippen molar-refractivity contribution in [1.29, 1.82) is 0 Å². The second-order valence-corrected chi connectivity index (χ2v) is 4.22. The molecule has 2 rings (SSSR count). The largest absolute Gasteiger partial charge is 0.379 e. The van der Waals surface area contributed by atoms with Crippen LogP contribution >= 0.6 is 11.3 Å². The van der Waals surface area contributed by atoms with Crippen molar-refractivity contribution in [2.75, 3.05) is 18.5 Å². The Bertz CT molecular complexity index is 255. The summed E-state index contributed by atoms with van der Waals surface area (Å²) in [5.41, 5.74) is 0. The number of nitrogens with zero attached hydrogens (tertiary/aromatic N) is 1. The molecule has 0 radical (unpaired) electrons. The van der Waals surface area contributed by atoms with Gasteiger partial charge in [-0.2, -0.15) is 0 Å². The van der Waals surface area contributed by atoms with Gasteiger partial charge in [0.1, 0.15) is 0 Å². The third kappa shape index (κ3) is 1.76. The third-order valence-corrected chi connectivity index (χ3v) is 2.72. The van der Waals surface area contributed by atoms with Crippen molar-refractivity contribution >= 4 is 16.5 Å². The summed E-state index contributed by atoms with van der Waals surface area (Å²) >= 11 is 1.70. The van der Waals surface area contributed by atoms with Gasteiger partial charge in [0.25, 0.3) is 0 Å². The summed E-state index contributed by atoms with van der Waals surface area (Å²) in [4.78, 5) is 5.48. The van der Waals surface area contributed by atoms with Gasteiger partial charge >= 0.3 is 0 Å². The second-order valence-electron chi connectivity index (χ2n) is 2.98. The Morgan fingerprint density at radius 3 is 3.25 bits per heavy atom. The normalized spacial score (nSPS) is 22.9. The quantitative estimate of drug-likeness (QED) is 0.759. The van der Waals surface area contributed by atoms with Crippen molar-refractivity contribution in [2.45, 2.75) is 19.4 Å². The van der Waals surface area contributed by atoms with Crippen LogP contribution in [0, 0.1) is 6.92 Å². The topological polar surface area (TPSA) is 34.2 Å². The summed E-state index contributed by atoms with van der Waals surface area (Å²) < 4.78 is 5.25. The Labute approximate surface area is 75.8 Å². The SMILES string of the molecule is Cc1cnc(NC2CCOC2)s1. The monoisotopic (exact) mass is 184 g/mol. The molecular formula is C8H12N2OS. The smallest absolute Gasteiger partial charge is 0.183 e. The molecule has 1 N–H and O–H groups in total. The van der Waals surface area contributed by atoms with Crippen LogP contribution in [0.2, 0.25) is 0 Å². The molecule has 12 heavy (non-hydrogen) atoms. The number of hydrogen-bond acceptors (Lipinski definition) is 4. The summed E-state index contributed by atoms with van der Waals surface area (Å²) in [6.07, 6.45) is 2.99. The van der Waals surface area contributed by atoms with Gasteiger partial charge in [-0.05, 0) is 13.3 Å². The molecule has 1 aliphatic heterocycles. The van der Waals surface area contributed by atoms with Crippen LogP contribution < -0.4 is 5.32 Å². The Kier molecular flexibility index (Phi) is 2.28. The molecule has 1 atom stereocenters. The fraction of sp³-hybridized carbons (Fsp3) is 0.625. The molecule has 4 heteroatoms. The molecule has 0 amide bonds. The number of aryl methyl sites for hydroxylation is 1. The van der Waals surface area contributed by atoms with E-state index in [4.69, 9.17) is 4.74 Å². The van der Waals surface area contributed by atoms with Gasteiger partial charge in [-0.15, -0.1) is 11.3 Å². The number of hydrogen-bond donors (Lipinski definition) is 1. The van der Waals surface area contributed by atoms with Gasteiger partial charge in [0.15, 0.2) is 5.13 Å². The van der Waals surface area contributed by atoms with Crippen LogP contribution in [0.3, 0.4) is 0 Å². The lowest BCUT2D eigenvalue weighted by Crippen LogP contribution is -2.18. The zero-order chi connectivity index (χ0) is 8.39.